The highest BCUT2D eigenvalue weighted by Crippen LogP contribution is 2.35. The number of hydrogen-bond acceptors (Lipinski definition) is 2. The number of carbonyl (C=O) groups is 2. The first kappa shape index (κ1) is 11.2. The lowest BCUT2D eigenvalue weighted by Crippen LogP contribution is -2.57. The minimum Gasteiger partial charge on any atom is -0.334 e. The van der Waals surface area contributed by atoms with Crippen LogP contribution in [0, 0.1) is 5.92 Å². The zero-order valence-corrected chi connectivity index (χ0v) is 8.38. The van der Waals surface area contributed by atoms with Gasteiger partial charge in [-0.05, 0) is 18.8 Å². The Morgan fingerprint density at radius 2 is 1.94 bits per heavy atom. The van der Waals surface area contributed by atoms with Gasteiger partial charge in [0.15, 0.2) is 0 Å². The average Bonchev–Trinajstić information content (AvgIpc) is 2.92. The van der Waals surface area contributed by atoms with Crippen molar-refractivity contribution in [2.45, 2.75) is 31.5 Å². The molecule has 1 saturated carbocycles. The molecule has 90 valence electrons. The van der Waals surface area contributed by atoms with Crippen molar-refractivity contribution in [3.05, 3.63) is 0 Å². The fourth-order valence-electron chi connectivity index (χ4n) is 1.82. The summed E-state index contributed by atoms with van der Waals surface area (Å²) in [5.74, 6) is -0.473. The number of halogens is 3. The van der Waals surface area contributed by atoms with Crippen molar-refractivity contribution in [2.75, 3.05) is 6.54 Å². The molecule has 1 aliphatic heterocycles. The van der Waals surface area contributed by atoms with E-state index in [2.05, 4.69) is 5.32 Å². The molecule has 0 radical (unpaired) electrons. The summed E-state index contributed by atoms with van der Waals surface area (Å²) in [5.41, 5.74) is 0. The second-order valence-corrected chi connectivity index (χ2v) is 4.19. The zero-order chi connectivity index (χ0) is 11.9. The van der Waals surface area contributed by atoms with Gasteiger partial charge in [-0.1, -0.05) is 0 Å². The monoisotopic (exact) mass is 236 g/mol. The van der Waals surface area contributed by atoms with Gasteiger partial charge in [0, 0.05) is 12.5 Å². The Hall–Kier alpha value is -1.27. The molecule has 1 N–H and O–H groups in total. The van der Waals surface area contributed by atoms with E-state index in [9.17, 15) is 22.8 Å². The highest BCUT2D eigenvalue weighted by Gasteiger charge is 2.43. The van der Waals surface area contributed by atoms with Crippen molar-refractivity contribution < 1.29 is 22.8 Å². The fourth-order valence-corrected chi connectivity index (χ4v) is 1.82. The average molecular weight is 236 g/mol. The number of carbonyl (C=O) groups excluding carboxylic acids is 2. The van der Waals surface area contributed by atoms with Crippen molar-refractivity contribution in [3.63, 3.8) is 0 Å². The van der Waals surface area contributed by atoms with E-state index in [4.69, 9.17) is 0 Å². The summed E-state index contributed by atoms with van der Waals surface area (Å²) in [7, 11) is 0. The molecule has 0 aromatic heterocycles. The van der Waals surface area contributed by atoms with Crippen LogP contribution in [-0.4, -0.2) is 35.6 Å². The van der Waals surface area contributed by atoms with E-state index >= 15 is 0 Å². The van der Waals surface area contributed by atoms with E-state index in [-0.39, 0.29) is 23.3 Å². The van der Waals surface area contributed by atoms with E-state index in [0.717, 1.165) is 12.8 Å². The number of urea groups is 1. The van der Waals surface area contributed by atoms with Crippen LogP contribution in [0.25, 0.3) is 0 Å². The Morgan fingerprint density at radius 3 is 2.38 bits per heavy atom. The minimum absolute atomic E-state index is 0.0213. The van der Waals surface area contributed by atoms with Crippen LogP contribution in [0.3, 0.4) is 0 Å². The molecule has 0 aromatic rings. The molecule has 0 spiro atoms. The maximum atomic E-state index is 12.1. The number of rotatable bonds is 2. The quantitative estimate of drug-likeness (QED) is 0.784. The summed E-state index contributed by atoms with van der Waals surface area (Å²) < 4.78 is 36.2. The summed E-state index contributed by atoms with van der Waals surface area (Å²) >= 11 is 0. The standard InChI is InChI=1S/C9H11F3N2O2/c10-9(11,12)4-14-7(15)3-6(5-1-2-5)13-8(14)16/h5-6H,1-4H2,(H,13,16). The zero-order valence-electron chi connectivity index (χ0n) is 8.38. The SMILES string of the molecule is O=C1CC(C2CC2)NC(=O)N1CC(F)(F)F. The third kappa shape index (κ3) is 2.45. The molecule has 16 heavy (non-hydrogen) atoms. The number of nitrogens with zero attached hydrogens (tertiary/aromatic N) is 1. The molecule has 1 unspecified atom stereocenters. The molecule has 4 nitrogen and oxygen atoms in total. The first-order valence-corrected chi connectivity index (χ1v) is 5.04. The highest BCUT2D eigenvalue weighted by molar-refractivity contribution is 5.97. The van der Waals surface area contributed by atoms with Gasteiger partial charge in [-0.3, -0.25) is 9.69 Å². The Morgan fingerprint density at radius 1 is 1.31 bits per heavy atom. The van der Waals surface area contributed by atoms with Gasteiger partial charge in [0.2, 0.25) is 5.91 Å². The van der Waals surface area contributed by atoms with Gasteiger partial charge in [0.05, 0.1) is 0 Å². The van der Waals surface area contributed by atoms with Crippen LogP contribution in [-0.2, 0) is 4.79 Å². The highest BCUT2D eigenvalue weighted by atomic mass is 19.4. The minimum atomic E-state index is -4.54. The Kier molecular flexibility index (Phi) is 2.55. The predicted octanol–water partition coefficient (Wildman–Crippen LogP) is 1.27. The van der Waals surface area contributed by atoms with Gasteiger partial charge in [-0.25, -0.2) is 4.79 Å². The molecule has 2 rings (SSSR count). The van der Waals surface area contributed by atoms with Gasteiger partial charge in [-0.2, -0.15) is 13.2 Å². The van der Waals surface area contributed by atoms with Gasteiger partial charge in [-0.15, -0.1) is 0 Å². The molecule has 0 bridgehead atoms. The van der Waals surface area contributed by atoms with Crippen LogP contribution < -0.4 is 5.32 Å². The maximum Gasteiger partial charge on any atom is 0.406 e. The Bertz CT molecular complexity index is 307. The second-order valence-electron chi connectivity index (χ2n) is 4.19. The number of nitrogens with one attached hydrogen (secondary N) is 1. The lowest BCUT2D eigenvalue weighted by Gasteiger charge is -2.31. The smallest absolute Gasteiger partial charge is 0.334 e. The first-order chi connectivity index (χ1) is 7.37. The molecule has 0 aromatic carbocycles. The lowest BCUT2D eigenvalue weighted by atomic mass is 10.1. The van der Waals surface area contributed by atoms with Crippen molar-refractivity contribution in [3.8, 4) is 0 Å². The largest absolute Gasteiger partial charge is 0.406 e. The lowest BCUT2D eigenvalue weighted by molar-refractivity contribution is -0.157. The second kappa shape index (κ2) is 3.64. The molecule has 2 aliphatic rings. The number of imide groups is 1. The molecular formula is C9H11F3N2O2. The number of hydrogen-bond donors (Lipinski definition) is 1. The molecule has 1 heterocycles. The first-order valence-electron chi connectivity index (χ1n) is 5.04. The summed E-state index contributed by atoms with van der Waals surface area (Å²) in [6.45, 7) is -1.50. The van der Waals surface area contributed by atoms with E-state index in [1.165, 1.54) is 0 Å². The number of alkyl halides is 3. The van der Waals surface area contributed by atoms with Crippen molar-refractivity contribution in [1.82, 2.24) is 10.2 Å². The van der Waals surface area contributed by atoms with E-state index in [1.807, 2.05) is 0 Å². The van der Waals surface area contributed by atoms with E-state index < -0.39 is 24.7 Å². The fraction of sp³-hybridized carbons (Fsp3) is 0.778. The summed E-state index contributed by atoms with van der Waals surface area (Å²) in [4.78, 5) is 22.9. The third-order valence-corrected chi connectivity index (χ3v) is 2.78. The topological polar surface area (TPSA) is 49.4 Å². The molecule has 7 heteroatoms. The molecule has 3 amide bonds. The Labute approximate surface area is 89.8 Å². The third-order valence-electron chi connectivity index (χ3n) is 2.78. The maximum absolute atomic E-state index is 12.1. The summed E-state index contributed by atoms with van der Waals surface area (Å²) in [6, 6.07) is -1.20. The number of amides is 3. The molecular weight excluding hydrogens is 225 g/mol. The van der Waals surface area contributed by atoms with E-state index in [1.54, 1.807) is 0 Å². The molecule has 2 fully saturated rings. The van der Waals surface area contributed by atoms with Crippen molar-refractivity contribution in [1.29, 1.82) is 0 Å². The summed E-state index contributed by atoms with van der Waals surface area (Å²) in [6.07, 6.45) is -2.71. The molecule has 1 atom stereocenters. The van der Waals surface area contributed by atoms with Crippen LogP contribution in [0.4, 0.5) is 18.0 Å². The van der Waals surface area contributed by atoms with Crippen molar-refractivity contribution in [2.24, 2.45) is 5.92 Å². The predicted molar refractivity (Wildman–Crippen MR) is 47.4 cm³/mol. The summed E-state index contributed by atoms with van der Waals surface area (Å²) in [5, 5.41) is 2.45. The van der Waals surface area contributed by atoms with Crippen LogP contribution in [0.5, 0.6) is 0 Å². The van der Waals surface area contributed by atoms with Gasteiger partial charge >= 0.3 is 12.2 Å². The van der Waals surface area contributed by atoms with Gasteiger partial charge in [0.1, 0.15) is 6.54 Å². The molecule has 1 aliphatic carbocycles. The van der Waals surface area contributed by atoms with Crippen LogP contribution >= 0.6 is 0 Å². The van der Waals surface area contributed by atoms with Gasteiger partial charge in [0.25, 0.3) is 0 Å². The van der Waals surface area contributed by atoms with Crippen molar-refractivity contribution >= 4 is 11.9 Å². The van der Waals surface area contributed by atoms with Crippen LogP contribution in [0.1, 0.15) is 19.3 Å². The van der Waals surface area contributed by atoms with Crippen LogP contribution in [0.15, 0.2) is 0 Å². The van der Waals surface area contributed by atoms with E-state index in [0.29, 0.717) is 0 Å². The van der Waals surface area contributed by atoms with Gasteiger partial charge < -0.3 is 5.32 Å². The molecule has 1 saturated heterocycles. The normalized spacial score (nSPS) is 26.9. The van der Waals surface area contributed by atoms with Crippen LogP contribution in [0.2, 0.25) is 0 Å². The Balaban J connectivity index is 2.00.